The van der Waals surface area contributed by atoms with Gasteiger partial charge >= 0.3 is 0 Å². The first-order valence-electron chi connectivity index (χ1n) is 7.10. The molecule has 2 heterocycles. The lowest BCUT2D eigenvalue weighted by molar-refractivity contribution is 0.211. The van der Waals surface area contributed by atoms with E-state index >= 15 is 0 Å². The molecule has 1 aliphatic rings. The molecule has 2 aromatic rings. The molecule has 1 unspecified atom stereocenters. The van der Waals surface area contributed by atoms with Crippen LogP contribution in [-0.4, -0.2) is 31.6 Å². The average molecular weight is 314 g/mol. The van der Waals surface area contributed by atoms with Crippen molar-refractivity contribution in [1.82, 2.24) is 4.98 Å². The normalized spacial score (nSPS) is 17.0. The highest BCUT2D eigenvalue weighted by Crippen LogP contribution is 2.33. The van der Waals surface area contributed by atoms with Crippen molar-refractivity contribution in [2.75, 3.05) is 30.5 Å². The van der Waals surface area contributed by atoms with E-state index in [9.17, 15) is 0 Å². The van der Waals surface area contributed by atoms with Gasteiger partial charge in [0.2, 0.25) is 0 Å². The van der Waals surface area contributed by atoms with Crippen molar-refractivity contribution in [3.8, 4) is 0 Å². The third kappa shape index (κ3) is 3.35. The summed E-state index contributed by atoms with van der Waals surface area (Å²) in [4.78, 5) is 12.0. The van der Waals surface area contributed by atoms with Crippen LogP contribution in [0.3, 0.4) is 0 Å². The van der Waals surface area contributed by atoms with E-state index in [0.717, 1.165) is 17.4 Å². The summed E-state index contributed by atoms with van der Waals surface area (Å²) < 4.78 is 5.04. The summed E-state index contributed by atoms with van der Waals surface area (Å²) in [5, 5.41) is 4.18. The number of ether oxygens (including phenoxy) is 1. The summed E-state index contributed by atoms with van der Waals surface area (Å²) in [6, 6.07) is 10.4. The number of hydrogen-bond acceptors (Lipinski definition) is 6. The number of aromatic nitrogens is 1. The minimum atomic E-state index is 0.121. The number of nitrogens with one attached hydrogen (secondary N) is 1. The number of aliphatic imine (C=N–C) groups is 1. The number of rotatable bonds is 6. The molecule has 0 saturated heterocycles. The van der Waals surface area contributed by atoms with Crippen LogP contribution in [-0.2, 0) is 4.74 Å². The minimum absolute atomic E-state index is 0.121. The number of thiazole rings is 1. The van der Waals surface area contributed by atoms with Gasteiger partial charge in [-0.25, -0.2) is 9.98 Å². The molecule has 1 aliphatic heterocycles. The molecule has 1 aromatic heterocycles. The van der Waals surface area contributed by atoms with Crippen LogP contribution in [0.15, 0.2) is 53.8 Å². The summed E-state index contributed by atoms with van der Waals surface area (Å²) in [5.41, 5.74) is 1.11. The predicted octanol–water partition coefficient (Wildman–Crippen LogP) is 3.30. The monoisotopic (exact) mass is 314 g/mol. The van der Waals surface area contributed by atoms with Gasteiger partial charge in [0.15, 0.2) is 5.13 Å². The van der Waals surface area contributed by atoms with E-state index in [-0.39, 0.29) is 6.04 Å². The van der Waals surface area contributed by atoms with E-state index in [1.165, 1.54) is 4.88 Å². The maximum Gasteiger partial charge on any atom is 0.183 e. The highest BCUT2D eigenvalue weighted by atomic mass is 32.1. The SMILES string of the molecule is COCCNc1ncc(C2C=CN=CN2c2ccccc2)s1. The van der Waals surface area contributed by atoms with Crippen LogP contribution in [0.2, 0.25) is 0 Å². The summed E-state index contributed by atoms with van der Waals surface area (Å²) in [5.74, 6) is 0. The van der Waals surface area contributed by atoms with Crippen LogP contribution in [0, 0.1) is 0 Å². The molecule has 6 heteroatoms. The zero-order chi connectivity index (χ0) is 15.2. The number of nitrogens with zero attached hydrogens (tertiary/aromatic N) is 3. The molecule has 22 heavy (non-hydrogen) atoms. The van der Waals surface area contributed by atoms with Gasteiger partial charge in [0.05, 0.1) is 23.9 Å². The lowest BCUT2D eigenvalue weighted by Crippen LogP contribution is -2.26. The van der Waals surface area contributed by atoms with Gasteiger partial charge < -0.3 is 15.0 Å². The van der Waals surface area contributed by atoms with Crippen molar-refractivity contribution in [1.29, 1.82) is 0 Å². The molecule has 5 nitrogen and oxygen atoms in total. The molecule has 1 N–H and O–H groups in total. The molecular weight excluding hydrogens is 296 g/mol. The molecule has 3 rings (SSSR count). The Morgan fingerprint density at radius 1 is 1.32 bits per heavy atom. The van der Waals surface area contributed by atoms with E-state index < -0.39 is 0 Å². The van der Waals surface area contributed by atoms with Crippen molar-refractivity contribution >= 4 is 28.5 Å². The maximum absolute atomic E-state index is 5.04. The third-order valence-electron chi connectivity index (χ3n) is 3.30. The third-order valence-corrected chi connectivity index (χ3v) is 4.32. The smallest absolute Gasteiger partial charge is 0.183 e. The van der Waals surface area contributed by atoms with E-state index in [1.54, 1.807) is 18.4 Å². The van der Waals surface area contributed by atoms with Gasteiger partial charge in [-0.15, -0.1) is 0 Å². The Morgan fingerprint density at radius 2 is 2.18 bits per heavy atom. The Hall–Kier alpha value is -2.18. The van der Waals surface area contributed by atoms with Crippen molar-refractivity contribution in [3.63, 3.8) is 0 Å². The first-order valence-corrected chi connectivity index (χ1v) is 7.92. The van der Waals surface area contributed by atoms with Crippen molar-refractivity contribution in [2.45, 2.75) is 6.04 Å². The molecule has 0 radical (unpaired) electrons. The van der Waals surface area contributed by atoms with Gasteiger partial charge in [-0.05, 0) is 18.2 Å². The van der Waals surface area contributed by atoms with E-state index in [0.29, 0.717) is 6.61 Å². The lowest BCUT2D eigenvalue weighted by atomic mass is 10.2. The zero-order valence-electron chi connectivity index (χ0n) is 12.3. The number of benzene rings is 1. The van der Waals surface area contributed by atoms with Gasteiger partial charge in [0, 0.05) is 31.7 Å². The first-order chi connectivity index (χ1) is 10.9. The Bertz CT molecular complexity index is 653. The number of para-hydroxylation sites is 1. The van der Waals surface area contributed by atoms with Gasteiger partial charge in [0.25, 0.3) is 0 Å². The highest BCUT2D eigenvalue weighted by Gasteiger charge is 2.21. The number of hydrogen-bond donors (Lipinski definition) is 1. The number of methoxy groups -OCH3 is 1. The van der Waals surface area contributed by atoms with Crippen LogP contribution in [0.1, 0.15) is 10.9 Å². The topological polar surface area (TPSA) is 49.8 Å². The number of anilines is 2. The fraction of sp³-hybridized carbons (Fsp3) is 0.250. The Kier molecular flexibility index (Phi) is 4.82. The Labute approximate surface area is 134 Å². The zero-order valence-corrected chi connectivity index (χ0v) is 13.2. The van der Waals surface area contributed by atoms with E-state index in [1.807, 2.05) is 36.9 Å². The highest BCUT2D eigenvalue weighted by molar-refractivity contribution is 7.15. The second-order valence-corrected chi connectivity index (χ2v) is 5.84. The van der Waals surface area contributed by atoms with Crippen LogP contribution in [0.25, 0.3) is 0 Å². The molecule has 0 saturated carbocycles. The molecule has 0 amide bonds. The van der Waals surface area contributed by atoms with Crippen molar-refractivity contribution in [3.05, 3.63) is 53.7 Å². The predicted molar refractivity (Wildman–Crippen MR) is 91.8 cm³/mol. The van der Waals surface area contributed by atoms with Gasteiger partial charge in [-0.2, -0.15) is 0 Å². The van der Waals surface area contributed by atoms with Gasteiger partial charge in [-0.3, -0.25) is 0 Å². The van der Waals surface area contributed by atoms with Crippen LogP contribution >= 0.6 is 11.3 Å². The van der Waals surface area contributed by atoms with Crippen LogP contribution < -0.4 is 10.2 Å². The molecule has 0 fully saturated rings. The molecule has 0 spiro atoms. The summed E-state index contributed by atoms with van der Waals surface area (Å²) in [6.07, 6.45) is 7.70. The lowest BCUT2D eigenvalue weighted by Gasteiger charge is -2.28. The van der Waals surface area contributed by atoms with Crippen molar-refractivity contribution < 1.29 is 4.74 Å². The summed E-state index contributed by atoms with van der Waals surface area (Å²) in [7, 11) is 1.69. The van der Waals surface area contributed by atoms with E-state index in [2.05, 4.69) is 38.4 Å². The first kappa shape index (κ1) is 14.7. The fourth-order valence-electron chi connectivity index (χ4n) is 2.23. The Morgan fingerprint density at radius 3 is 3.00 bits per heavy atom. The molecule has 0 aliphatic carbocycles. The largest absolute Gasteiger partial charge is 0.383 e. The standard InChI is InChI=1S/C16H18N4OS/c1-21-10-9-18-16-19-11-15(22-16)14-7-8-17-12-20(14)13-5-3-2-4-6-13/h2-8,11-12,14H,9-10H2,1H3,(H,18,19). The molecule has 1 aromatic carbocycles. The Balaban J connectivity index is 1.77. The second-order valence-electron chi connectivity index (χ2n) is 4.78. The van der Waals surface area contributed by atoms with E-state index in [4.69, 9.17) is 4.74 Å². The fourth-order valence-corrected chi connectivity index (χ4v) is 3.15. The average Bonchev–Trinajstić information content (AvgIpc) is 3.05. The molecule has 0 bridgehead atoms. The molecular formula is C16H18N4OS. The summed E-state index contributed by atoms with van der Waals surface area (Å²) >= 11 is 1.66. The quantitative estimate of drug-likeness (QED) is 0.831. The molecule has 114 valence electrons. The van der Waals surface area contributed by atoms with Crippen LogP contribution in [0.5, 0.6) is 0 Å². The molecule has 1 atom stereocenters. The maximum atomic E-state index is 5.04. The van der Waals surface area contributed by atoms with Gasteiger partial charge in [0.1, 0.15) is 0 Å². The minimum Gasteiger partial charge on any atom is -0.383 e. The van der Waals surface area contributed by atoms with Crippen molar-refractivity contribution in [2.24, 2.45) is 4.99 Å². The van der Waals surface area contributed by atoms with Gasteiger partial charge in [-0.1, -0.05) is 29.5 Å². The summed E-state index contributed by atoms with van der Waals surface area (Å²) in [6.45, 7) is 1.43. The van der Waals surface area contributed by atoms with Crippen LogP contribution in [0.4, 0.5) is 10.8 Å². The second kappa shape index (κ2) is 7.20.